The van der Waals surface area contributed by atoms with Crippen LogP contribution < -0.4 is 5.32 Å². The lowest BCUT2D eigenvalue weighted by atomic mass is 9.92. The number of rotatable bonds is 5. The Bertz CT molecular complexity index is 1220. The minimum atomic E-state index is 0.0279. The molecule has 0 saturated carbocycles. The van der Waals surface area contributed by atoms with E-state index in [0.717, 1.165) is 65.2 Å². The van der Waals surface area contributed by atoms with Crippen LogP contribution in [-0.4, -0.2) is 47.2 Å². The van der Waals surface area contributed by atoms with Crippen LogP contribution in [-0.2, 0) is 4.74 Å². The smallest absolute Gasteiger partial charge is 0.260 e. The molecule has 1 amide bonds. The van der Waals surface area contributed by atoms with Gasteiger partial charge in [0, 0.05) is 59.5 Å². The number of fused-ring (bicyclic) bond motifs is 1. The van der Waals surface area contributed by atoms with Gasteiger partial charge < -0.3 is 19.5 Å². The fraction of sp³-hybridized carbons (Fsp3) is 0.385. The van der Waals surface area contributed by atoms with Crippen molar-refractivity contribution in [2.45, 2.75) is 32.7 Å². The zero-order valence-corrected chi connectivity index (χ0v) is 20.2. The van der Waals surface area contributed by atoms with E-state index >= 15 is 0 Å². The highest BCUT2D eigenvalue weighted by atomic mass is 32.1. The minimum absolute atomic E-state index is 0.0279. The summed E-state index contributed by atoms with van der Waals surface area (Å²) in [5, 5.41) is 6.27. The summed E-state index contributed by atoms with van der Waals surface area (Å²) in [7, 11) is 1.86. The Labute approximate surface area is 198 Å². The van der Waals surface area contributed by atoms with Crippen LogP contribution in [0.3, 0.4) is 0 Å². The molecule has 2 aliphatic heterocycles. The zero-order chi connectivity index (χ0) is 22.9. The molecule has 5 rings (SSSR count). The molecule has 1 fully saturated rings. The first kappa shape index (κ1) is 21.9. The first-order chi connectivity index (χ1) is 16.1. The molecule has 1 unspecified atom stereocenters. The van der Waals surface area contributed by atoms with Gasteiger partial charge in [-0.3, -0.25) is 4.79 Å². The molecular weight excluding hydrogens is 432 g/mol. The molecule has 0 radical (unpaired) electrons. The maximum absolute atomic E-state index is 13.8. The molecule has 0 aliphatic carbocycles. The van der Waals surface area contributed by atoms with Crippen molar-refractivity contribution in [3.63, 3.8) is 0 Å². The molecule has 7 heteroatoms. The number of allylic oxidation sites excluding steroid dienone is 2. The number of dihydropyridines is 1. The predicted octanol–water partition coefficient (Wildman–Crippen LogP) is 5.13. The predicted molar refractivity (Wildman–Crippen MR) is 133 cm³/mol. The van der Waals surface area contributed by atoms with Gasteiger partial charge in [0.05, 0.1) is 23.3 Å². The number of carbonyl (C=O) groups is 1. The molecular formula is C26H30N4O2S. The quantitative estimate of drug-likeness (QED) is 0.571. The van der Waals surface area contributed by atoms with Gasteiger partial charge in [0.2, 0.25) is 0 Å². The van der Waals surface area contributed by atoms with Crippen molar-refractivity contribution in [2.75, 3.05) is 26.8 Å². The van der Waals surface area contributed by atoms with Crippen LogP contribution >= 0.6 is 11.3 Å². The molecule has 2 aliphatic rings. The van der Waals surface area contributed by atoms with Gasteiger partial charge in [-0.25, -0.2) is 4.98 Å². The van der Waals surface area contributed by atoms with Gasteiger partial charge in [-0.2, -0.15) is 0 Å². The van der Waals surface area contributed by atoms with E-state index < -0.39 is 0 Å². The largest absolute Gasteiger partial charge is 0.385 e. The molecule has 0 bridgehead atoms. The summed E-state index contributed by atoms with van der Waals surface area (Å²) in [5.74, 6) is 0.548. The minimum Gasteiger partial charge on any atom is -0.385 e. The molecule has 1 saturated heterocycles. The molecule has 0 spiro atoms. The number of nitrogens with one attached hydrogen (secondary N) is 1. The fourth-order valence-electron chi connectivity index (χ4n) is 5.13. The first-order valence-electron chi connectivity index (χ1n) is 11.5. The Kier molecular flexibility index (Phi) is 6.08. The number of thiazole rings is 1. The third-order valence-corrected chi connectivity index (χ3v) is 7.65. The third kappa shape index (κ3) is 4.00. The highest BCUT2D eigenvalue weighted by Gasteiger charge is 2.29. The SMILES string of the molecule is Cc1c(C(=O)N(C)C2=CC=CNC2)c2ccc(-c3cscn3)cc2n1C(C)C1CCOCC1. The van der Waals surface area contributed by atoms with Gasteiger partial charge in [0.25, 0.3) is 5.91 Å². The van der Waals surface area contributed by atoms with Crippen molar-refractivity contribution in [3.05, 3.63) is 64.4 Å². The molecule has 1 aromatic carbocycles. The zero-order valence-electron chi connectivity index (χ0n) is 19.4. The van der Waals surface area contributed by atoms with Crippen molar-refractivity contribution in [1.82, 2.24) is 19.8 Å². The molecule has 6 nitrogen and oxygen atoms in total. The van der Waals surface area contributed by atoms with Crippen molar-refractivity contribution < 1.29 is 9.53 Å². The molecule has 1 atom stereocenters. The van der Waals surface area contributed by atoms with Crippen LogP contribution in [0.4, 0.5) is 0 Å². The maximum Gasteiger partial charge on any atom is 0.260 e. The number of ether oxygens (including phenoxy) is 1. The maximum atomic E-state index is 13.8. The van der Waals surface area contributed by atoms with Crippen LogP contribution in [0.5, 0.6) is 0 Å². The summed E-state index contributed by atoms with van der Waals surface area (Å²) < 4.78 is 8.00. The van der Waals surface area contributed by atoms with Crippen LogP contribution in [0.15, 0.2) is 53.1 Å². The summed E-state index contributed by atoms with van der Waals surface area (Å²) in [6.45, 7) is 6.63. The number of likely N-dealkylation sites (N-methyl/N-ethyl adjacent to an activating group) is 1. The molecule has 172 valence electrons. The standard InChI is InChI=1S/C26H30N4O2S/c1-17(19-8-11-32-12-9-19)30-18(2)25(26(31)29(3)21-5-4-10-27-14-21)22-7-6-20(13-24(22)30)23-15-33-16-28-23/h4-7,10,13,15-17,19,27H,8-9,11-12,14H2,1-3H3. The average Bonchev–Trinajstić information content (AvgIpc) is 3.49. The number of hydrogen-bond donors (Lipinski definition) is 1. The van der Waals surface area contributed by atoms with Gasteiger partial charge in [0.1, 0.15) is 0 Å². The van der Waals surface area contributed by atoms with E-state index in [1.165, 1.54) is 0 Å². The van der Waals surface area contributed by atoms with Gasteiger partial charge in [-0.1, -0.05) is 12.1 Å². The molecule has 1 N–H and O–H groups in total. The third-order valence-electron chi connectivity index (χ3n) is 7.07. The Morgan fingerprint density at radius 2 is 2.15 bits per heavy atom. The lowest BCUT2D eigenvalue weighted by Crippen LogP contribution is -2.32. The summed E-state index contributed by atoms with van der Waals surface area (Å²) in [6.07, 6.45) is 7.91. The van der Waals surface area contributed by atoms with Gasteiger partial charge in [-0.05, 0) is 57.0 Å². The topological polar surface area (TPSA) is 59.4 Å². The average molecular weight is 463 g/mol. The second-order valence-electron chi connectivity index (χ2n) is 8.89. The summed E-state index contributed by atoms with van der Waals surface area (Å²) >= 11 is 1.60. The summed E-state index contributed by atoms with van der Waals surface area (Å²) in [4.78, 5) is 20.1. The Morgan fingerprint density at radius 1 is 1.33 bits per heavy atom. The first-order valence-corrected chi connectivity index (χ1v) is 12.5. The molecule has 2 aromatic heterocycles. The number of nitrogens with zero attached hydrogens (tertiary/aromatic N) is 3. The van der Waals surface area contributed by atoms with E-state index in [2.05, 4.69) is 52.3 Å². The summed E-state index contributed by atoms with van der Waals surface area (Å²) in [6, 6.07) is 6.65. The van der Waals surface area contributed by atoms with Crippen molar-refractivity contribution in [3.8, 4) is 11.3 Å². The fourth-order valence-corrected chi connectivity index (χ4v) is 5.70. The number of benzene rings is 1. The van der Waals surface area contributed by atoms with Gasteiger partial charge in [-0.15, -0.1) is 11.3 Å². The number of aromatic nitrogens is 2. The van der Waals surface area contributed by atoms with E-state index in [1.807, 2.05) is 30.9 Å². The molecule has 3 aromatic rings. The van der Waals surface area contributed by atoms with E-state index in [9.17, 15) is 4.79 Å². The number of amides is 1. The van der Waals surface area contributed by atoms with E-state index in [0.29, 0.717) is 12.5 Å². The lowest BCUT2D eigenvalue weighted by molar-refractivity contribution is 0.0516. The normalized spacial score (nSPS) is 17.6. The highest BCUT2D eigenvalue weighted by molar-refractivity contribution is 7.07. The Hall–Kier alpha value is -2.90. The number of hydrogen-bond acceptors (Lipinski definition) is 5. The second-order valence-corrected chi connectivity index (χ2v) is 9.61. The molecule has 33 heavy (non-hydrogen) atoms. The lowest BCUT2D eigenvalue weighted by Gasteiger charge is -2.30. The van der Waals surface area contributed by atoms with Crippen LogP contribution in [0.25, 0.3) is 22.2 Å². The summed E-state index contributed by atoms with van der Waals surface area (Å²) in [5.41, 5.74) is 7.78. The molecule has 4 heterocycles. The van der Waals surface area contributed by atoms with Crippen LogP contribution in [0.2, 0.25) is 0 Å². The Morgan fingerprint density at radius 3 is 2.85 bits per heavy atom. The van der Waals surface area contributed by atoms with Crippen molar-refractivity contribution in [2.24, 2.45) is 5.92 Å². The second kappa shape index (κ2) is 9.15. The van der Waals surface area contributed by atoms with E-state index in [1.54, 1.807) is 16.2 Å². The van der Waals surface area contributed by atoms with Gasteiger partial charge >= 0.3 is 0 Å². The van der Waals surface area contributed by atoms with Crippen LogP contribution in [0, 0.1) is 12.8 Å². The van der Waals surface area contributed by atoms with E-state index in [-0.39, 0.29) is 11.9 Å². The number of carbonyl (C=O) groups excluding carboxylic acids is 1. The Balaban J connectivity index is 1.64. The van der Waals surface area contributed by atoms with Crippen molar-refractivity contribution in [1.29, 1.82) is 0 Å². The monoisotopic (exact) mass is 462 g/mol. The van der Waals surface area contributed by atoms with Crippen molar-refractivity contribution >= 4 is 28.1 Å². The van der Waals surface area contributed by atoms with E-state index in [4.69, 9.17) is 4.74 Å². The van der Waals surface area contributed by atoms with Crippen LogP contribution in [0.1, 0.15) is 41.9 Å². The van der Waals surface area contributed by atoms with Gasteiger partial charge in [0.15, 0.2) is 0 Å². The highest BCUT2D eigenvalue weighted by Crippen LogP contribution is 2.37.